The van der Waals surface area contributed by atoms with Gasteiger partial charge in [0.05, 0.1) is 6.10 Å². The topological polar surface area (TPSA) is 43.4 Å². The third-order valence-corrected chi connectivity index (χ3v) is 3.40. The molecule has 0 aromatic carbocycles. The Kier molecular flexibility index (Phi) is 5.95. The lowest BCUT2D eigenvalue weighted by molar-refractivity contribution is -0.144. The number of hydrogen-bond donors (Lipinski definition) is 0. The van der Waals surface area contributed by atoms with Crippen molar-refractivity contribution in [1.29, 1.82) is 0 Å². The molecule has 0 saturated carbocycles. The number of hydrogen-bond acceptors (Lipinski definition) is 3. The summed E-state index contributed by atoms with van der Waals surface area (Å²) >= 11 is 0. The number of esters is 1. The van der Waals surface area contributed by atoms with Gasteiger partial charge in [-0.2, -0.15) is 0 Å². The molecule has 0 bridgehead atoms. The molecule has 13 heavy (non-hydrogen) atoms. The van der Waals surface area contributed by atoms with Gasteiger partial charge in [0, 0.05) is 16.0 Å². The number of rotatable bonds is 5. The zero-order valence-corrected chi connectivity index (χ0v) is 9.52. The molecule has 0 aliphatic rings. The molecule has 78 valence electrons. The van der Waals surface area contributed by atoms with Crippen LogP contribution >= 0.6 is 0 Å². The Bertz CT molecular complexity index is 189. The van der Waals surface area contributed by atoms with Crippen molar-refractivity contribution >= 4 is 16.8 Å². The monoisotopic (exact) mass is 206 g/mol. The van der Waals surface area contributed by atoms with Gasteiger partial charge in [0.15, 0.2) is 0 Å². The van der Waals surface area contributed by atoms with E-state index < -0.39 is 10.8 Å². The first-order valence-corrected chi connectivity index (χ1v) is 5.92. The van der Waals surface area contributed by atoms with E-state index in [4.69, 9.17) is 4.74 Å². The molecule has 0 aromatic heterocycles. The van der Waals surface area contributed by atoms with Gasteiger partial charge < -0.3 is 4.74 Å². The molecule has 4 heteroatoms. The van der Waals surface area contributed by atoms with Gasteiger partial charge in [-0.05, 0) is 20.3 Å². The third-order valence-electron chi connectivity index (χ3n) is 1.65. The normalized spacial score (nSPS) is 15.5. The zero-order valence-electron chi connectivity index (χ0n) is 8.70. The summed E-state index contributed by atoms with van der Waals surface area (Å²) in [6, 6.07) is 0. The zero-order chi connectivity index (χ0) is 10.4. The lowest BCUT2D eigenvalue weighted by Crippen LogP contribution is -2.23. The maximum Gasteiger partial charge on any atom is 0.318 e. The number of carbonyl (C=O) groups excluding carboxylic acids is 1. The van der Waals surface area contributed by atoms with Crippen molar-refractivity contribution in [3.63, 3.8) is 0 Å². The third kappa shape index (κ3) is 5.80. The summed E-state index contributed by atoms with van der Waals surface area (Å²) in [5.41, 5.74) is 0. The Morgan fingerprint density at radius 3 is 2.31 bits per heavy atom. The van der Waals surface area contributed by atoms with Crippen LogP contribution in [0.4, 0.5) is 0 Å². The summed E-state index contributed by atoms with van der Waals surface area (Å²) in [4.78, 5) is 11.1. The van der Waals surface area contributed by atoms with Crippen molar-refractivity contribution in [3.05, 3.63) is 0 Å². The molecule has 0 fully saturated rings. The van der Waals surface area contributed by atoms with Crippen LogP contribution in [0.1, 0.15) is 34.1 Å². The summed E-state index contributed by atoms with van der Waals surface area (Å²) in [6.07, 6.45) is 0.697. The molecule has 0 amide bonds. The van der Waals surface area contributed by atoms with Crippen molar-refractivity contribution in [2.24, 2.45) is 0 Å². The molecule has 0 aliphatic heterocycles. The first-order valence-electron chi connectivity index (χ1n) is 4.54. The minimum Gasteiger partial charge on any atom is -0.462 e. The Morgan fingerprint density at radius 1 is 1.38 bits per heavy atom. The molecule has 0 N–H and O–H groups in total. The van der Waals surface area contributed by atoms with Crippen molar-refractivity contribution < 1.29 is 13.7 Å². The van der Waals surface area contributed by atoms with Crippen LogP contribution in [0, 0.1) is 0 Å². The maximum absolute atomic E-state index is 11.4. The first-order chi connectivity index (χ1) is 5.97. The highest BCUT2D eigenvalue weighted by atomic mass is 32.2. The van der Waals surface area contributed by atoms with E-state index in [1.807, 2.05) is 13.8 Å². The highest BCUT2D eigenvalue weighted by Gasteiger charge is 2.15. The summed E-state index contributed by atoms with van der Waals surface area (Å²) in [5, 5.41) is 0.0692. The molecule has 0 radical (unpaired) electrons. The fourth-order valence-corrected chi connectivity index (χ4v) is 1.70. The smallest absolute Gasteiger partial charge is 0.318 e. The Balaban J connectivity index is 3.85. The van der Waals surface area contributed by atoms with E-state index in [9.17, 15) is 9.00 Å². The van der Waals surface area contributed by atoms with Crippen LogP contribution in [-0.2, 0) is 20.3 Å². The van der Waals surface area contributed by atoms with Crippen molar-refractivity contribution in [2.75, 3.05) is 5.75 Å². The fraction of sp³-hybridized carbons (Fsp3) is 0.889. The minimum atomic E-state index is -1.09. The van der Waals surface area contributed by atoms with Crippen LogP contribution in [-0.4, -0.2) is 27.3 Å². The first kappa shape index (κ1) is 12.6. The predicted octanol–water partition coefficient (Wildman–Crippen LogP) is 1.49. The van der Waals surface area contributed by atoms with Crippen LogP contribution in [0.15, 0.2) is 0 Å². The molecule has 2 atom stereocenters. The second-order valence-corrected chi connectivity index (χ2v) is 5.14. The number of ether oxygens (including phenoxy) is 1. The largest absolute Gasteiger partial charge is 0.462 e. The van der Waals surface area contributed by atoms with Crippen LogP contribution < -0.4 is 0 Å². The molecular weight excluding hydrogens is 188 g/mol. The van der Waals surface area contributed by atoms with E-state index >= 15 is 0 Å². The minimum absolute atomic E-state index is 0.0210. The quantitative estimate of drug-likeness (QED) is 0.640. The fourth-order valence-electron chi connectivity index (χ4n) is 0.741. The van der Waals surface area contributed by atoms with Crippen molar-refractivity contribution in [1.82, 2.24) is 0 Å². The SMILES string of the molecule is CCC(C)S(=O)CC(=O)OC(C)C. The highest BCUT2D eigenvalue weighted by molar-refractivity contribution is 7.86. The second-order valence-electron chi connectivity index (χ2n) is 3.28. The van der Waals surface area contributed by atoms with E-state index in [0.717, 1.165) is 6.42 Å². The van der Waals surface area contributed by atoms with Crippen LogP contribution in [0.25, 0.3) is 0 Å². The van der Waals surface area contributed by atoms with Gasteiger partial charge in [0.1, 0.15) is 5.75 Å². The van der Waals surface area contributed by atoms with E-state index in [-0.39, 0.29) is 23.1 Å². The standard InChI is InChI=1S/C9H18O3S/c1-5-8(4)13(11)6-9(10)12-7(2)3/h7-8H,5-6H2,1-4H3. The Labute approximate surface area is 82.3 Å². The summed E-state index contributed by atoms with van der Waals surface area (Å²) in [7, 11) is -1.09. The van der Waals surface area contributed by atoms with E-state index in [1.165, 1.54) is 0 Å². The van der Waals surface area contributed by atoms with Crippen molar-refractivity contribution in [3.8, 4) is 0 Å². The average Bonchev–Trinajstić information content (AvgIpc) is 2.01. The summed E-state index contributed by atoms with van der Waals surface area (Å²) in [5.74, 6) is -0.346. The molecular formula is C9H18O3S. The summed E-state index contributed by atoms with van der Waals surface area (Å²) < 4.78 is 16.3. The molecule has 0 rings (SSSR count). The van der Waals surface area contributed by atoms with Gasteiger partial charge >= 0.3 is 5.97 Å². The van der Waals surface area contributed by atoms with Crippen molar-refractivity contribution in [2.45, 2.75) is 45.5 Å². The molecule has 3 nitrogen and oxygen atoms in total. The van der Waals surface area contributed by atoms with E-state index in [1.54, 1.807) is 13.8 Å². The van der Waals surface area contributed by atoms with E-state index in [0.29, 0.717) is 0 Å². The summed E-state index contributed by atoms with van der Waals surface area (Å²) in [6.45, 7) is 7.39. The van der Waals surface area contributed by atoms with Gasteiger partial charge in [-0.15, -0.1) is 0 Å². The van der Waals surface area contributed by atoms with Gasteiger partial charge in [-0.3, -0.25) is 9.00 Å². The molecule has 0 saturated heterocycles. The molecule has 0 heterocycles. The number of carbonyl (C=O) groups is 1. The van der Waals surface area contributed by atoms with Gasteiger partial charge in [-0.1, -0.05) is 13.8 Å². The second kappa shape index (κ2) is 6.13. The highest BCUT2D eigenvalue weighted by Crippen LogP contribution is 2.02. The maximum atomic E-state index is 11.4. The average molecular weight is 206 g/mol. The lowest BCUT2D eigenvalue weighted by Gasteiger charge is -2.10. The Morgan fingerprint density at radius 2 is 1.92 bits per heavy atom. The van der Waals surface area contributed by atoms with Gasteiger partial charge in [0.25, 0.3) is 0 Å². The molecule has 0 spiro atoms. The van der Waals surface area contributed by atoms with Crippen LogP contribution in [0.5, 0.6) is 0 Å². The van der Waals surface area contributed by atoms with Gasteiger partial charge in [0.2, 0.25) is 0 Å². The van der Waals surface area contributed by atoms with Crippen LogP contribution in [0.3, 0.4) is 0 Å². The van der Waals surface area contributed by atoms with Crippen LogP contribution in [0.2, 0.25) is 0 Å². The predicted molar refractivity (Wildman–Crippen MR) is 54.0 cm³/mol. The van der Waals surface area contributed by atoms with E-state index in [2.05, 4.69) is 0 Å². The van der Waals surface area contributed by atoms with Gasteiger partial charge in [-0.25, -0.2) is 0 Å². The lowest BCUT2D eigenvalue weighted by atomic mass is 10.4. The molecule has 0 aliphatic carbocycles. The Hall–Kier alpha value is -0.380. The molecule has 0 aromatic rings. The molecule has 2 unspecified atom stereocenters.